The van der Waals surface area contributed by atoms with Gasteiger partial charge in [-0.2, -0.15) is 0 Å². The summed E-state index contributed by atoms with van der Waals surface area (Å²) in [5.41, 5.74) is 0.899. The number of carbonyl (C=O) groups excluding carboxylic acids is 2. The minimum atomic E-state index is -0.505. The summed E-state index contributed by atoms with van der Waals surface area (Å²) in [7, 11) is 1.32. The summed E-state index contributed by atoms with van der Waals surface area (Å²) >= 11 is 0. The molecule has 2 rings (SSSR count). The van der Waals surface area contributed by atoms with Crippen LogP contribution in [0.3, 0.4) is 0 Å². The Bertz CT molecular complexity index is 559. The fourth-order valence-corrected chi connectivity index (χ4v) is 2.53. The largest absolute Gasteiger partial charge is 0.469 e. The minimum Gasteiger partial charge on any atom is -0.469 e. The van der Waals surface area contributed by atoms with Gasteiger partial charge in [0.25, 0.3) is 0 Å². The third-order valence-corrected chi connectivity index (χ3v) is 3.85. The third-order valence-electron chi connectivity index (χ3n) is 3.85. The van der Waals surface area contributed by atoms with Gasteiger partial charge in [0.1, 0.15) is 13.3 Å². The van der Waals surface area contributed by atoms with Crippen molar-refractivity contribution in [1.82, 2.24) is 4.90 Å². The van der Waals surface area contributed by atoms with E-state index in [1.165, 1.54) is 12.0 Å². The molecule has 0 aliphatic carbocycles. The van der Waals surface area contributed by atoms with Crippen LogP contribution < -0.4 is 0 Å². The number of carbonyl (C=O) groups is 2. The Kier molecular flexibility index (Phi) is 5.76. The monoisotopic (exact) mass is 319 g/mol. The molecule has 0 unspecified atom stereocenters. The van der Waals surface area contributed by atoms with E-state index < -0.39 is 24.2 Å². The molecule has 6 heteroatoms. The highest BCUT2D eigenvalue weighted by molar-refractivity contribution is 5.73. The second-order valence-corrected chi connectivity index (χ2v) is 5.31. The molecule has 1 saturated heterocycles. The first-order chi connectivity index (χ1) is 11.1. The van der Waals surface area contributed by atoms with E-state index in [0.717, 1.165) is 5.56 Å². The van der Waals surface area contributed by atoms with Gasteiger partial charge in [0, 0.05) is 0 Å². The van der Waals surface area contributed by atoms with Crippen LogP contribution in [-0.2, 0) is 25.6 Å². The van der Waals surface area contributed by atoms with Crippen molar-refractivity contribution in [1.29, 1.82) is 0 Å². The Labute approximate surface area is 135 Å². The van der Waals surface area contributed by atoms with Crippen molar-refractivity contribution in [2.24, 2.45) is 5.92 Å². The lowest BCUT2D eigenvalue weighted by molar-refractivity contribution is -0.149. The fraction of sp³-hybridized carbons (Fsp3) is 0.412. The summed E-state index contributed by atoms with van der Waals surface area (Å²) in [5, 5.41) is 0. The van der Waals surface area contributed by atoms with Crippen LogP contribution in [0.15, 0.2) is 43.0 Å². The van der Waals surface area contributed by atoms with Crippen LogP contribution in [0, 0.1) is 5.92 Å². The zero-order chi connectivity index (χ0) is 16.8. The van der Waals surface area contributed by atoms with Crippen molar-refractivity contribution in [3.05, 3.63) is 48.6 Å². The molecule has 3 atom stereocenters. The number of methoxy groups -OCH3 is 1. The molecular formula is C17H21NO5. The number of hydrogen-bond acceptors (Lipinski definition) is 5. The van der Waals surface area contributed by atoms with Crippen LogP contribution in [0.4, 0.5) is 4.79 Å². The highest BCUT2D eigenvalue weighted by Gasteiger charge is 2.42. The van der Waals surface area contributed by atoms with E-state index in [0.29, 0.717) is 0 Å². The molecular weight excluding hydrogens is 298 g/mol. The molecule has 1 fully saturated rings. The molecule has 0 saturated carbocycles. The van der Waals surface area contributed by atoms with Gasteiger partial charge in [0.2, 0.25) is 0 Å². The normalized spacial score (nSPS) is 21.6. The molecule has 6 nitrogen and oxygen atoms in total. The SMILES string of the molecule is C=C[C@H]1[C@H]([C@H](C)C(=O)OC)OCN1C(=O)OCc1ccccc1. The minimum absolute atomic E-state index is 0.0519. The zero-order valence-corrected chi connectivity index (χ0v) is 13.3. The molecule has 124 valence electrons. The summed E-state index contributed by atoms with van der Waals surface area (Å²) in [6.45, 7) is 5.66. The molecule has 1 aliphatic heterocycles. The Morgan fingerprint density at radius 3 is 2.74 bits per heavy atom. The van der Waals surface area contributed by atoms with E-state index in [1.807, 2.05) is 30.3 Å². The summed E-state index contributed by atoms with van der Waals surface area (Å²) in [5.74, 6) is -0.892. The molecule has 1 aromatic carbocycles. The third kappa shape index (κ3) is 3.90. The van der Waals surface area contributed by atoms with Crippen LogP contribution in [0.25, 0.3) is 0 Å². The number of rotatable bonds is 5. The molecule has 0 spiro atoms. The van der Waals surface area contributed by atoms with Gasteiger partial charge in [-0.05, 0) is 12.5 Å². The maximum absolute atomic E-state index is 12.3. The van der Waals surface area contributed by atoms with Gasteiger partial charge in [-0.25, -0.2) is 4.79 Å². The van der Waals surface area contributed by atoms with E-state index in [-0.39, 0.29) is 19.3 Å². The number of amides is 1. The van der Waals surface area contributed by atoms with Crippen molar-refractivity contribution in [3.63, 3.8) is 0 Å². The smallest absolute Gasteiger partial charge is 0.412 e. The summed E-state index contributed by atoms with van der Waals surface area (Å²) in [6, 6.07) is 8.96. The van der Waals surface area contributed by atoms with Crippen LogP contribution >= 0.6 is 0 Å². The molecule has 0 bridgehead atoms. The van der Waals surface area contributed by atoms with Crippen LogP contribution in [-0.4, -0.2) is 42.9 Å². The first-order valence-corrected chi connectivity index (χ1v) is 7.37. The highest BCUT2D eigenvalue weighted by atomic mass is 16.6. The Hall–Kier alpha value is -2.34. The van der Waals surface area contributed by atoms with Crippen molar-refractivity contribution in [2.45, 2.75) is 25.7 Å². The Balaban J connectivity index is 1.98. The predicted octanol–water partition coefficient (Wildman–Crippen LogP) is 2.35. The quantitative estimate of drug-likeness (QED) is 0.616. The fourth-order valence-electron chi connectivity index (χ4n) is 2.53. The second kappa shape index (κ2) is 7.78. The zero-order valence-electron chi connectivity index (χ0n) is 13.3. The van der Waals surface area contributed by atoms with Crippen molar-refractivity contribution >= 4 is 12.1 Å². The number of ether oxygens (including phenoxy) is 3. The molecule has 1 heterocycles. The molecule has 0 N–H and O–H groups in total. The van der Waals surface area contributed by atoms with E-state index in [1.54, 1.807) is 13.0 Å². The number of benzene rings is 1. The van der Waals surface area contributed by atoms with Crippen LogP contribution in [0.5, 0.6) is 0 Å². The molecule has 1 aromatic rings. The van der Waals surface area contributed by atoms with E-state index >= 15 is 0 Å². The van der Waals surface area contributed by atoms with Gasteiger partial charge in [0.15, 0.2) is 0 Å². The maximum atomic E-state index is 12.3. The molecule has 0 aromatic heterocycles. The first-order valence-electron chi connectivity index (χ1n) is 7.37. The molecule has 1 amide bonds. The number of esters is 1. The lowest BCUT2D eigenvalue weighted by Gasteiger charge is -2.24. The molecule has 23 heavy (non-hydrogen) atoms. The van der Waals surface area contributed by atoms with Crippen molar-refractivity contribution < 1.29 is 23.8 Å². The molecule has 0 radical (unpaired) electrons. The van der Waals surface area contributed by atoms with Gasteiger partial charge >= 0.3 is 12.1 Å². The van der Waals surface area contributed by atoms with Crippen molar-refractivity contribution in [3.8, 4) is 0 Å². The predicted molar refractivity (Wildman–Crippen MR) is 83.4 cm³/mol. The average Bonchev–Trinajstić information content (AvgIpc) is 3.03. The lowest BCUT2D eigenvalue weighted by atomic mass is 9.98. The van der Waals surface area contributed by atoms with Gasteiger partial charge in [-0.1, -0.05) is 36.4 Å². The first kappa shape index (κ1) is 17.0. The highest BCUT2D eigenvalue weighted by Crippen LogP contribution is 2.26. The summed E-state index contributed by atoms with van der Waals surface area (Å²) < 4.78 is 15.6. The summed E-state index contributed by atoms with van der Waals surface area (Å²) in [4.78, 5) is 25.3. The van der Waals surface area contributed by atoms with Gasteiger partial charge < -0.3 is 14.2 Å². The average molecular weight is 319 g/mol. The summed E-state index contributed by atoms with van der Waals surface area (Å²) in [6.07, 6.45) is 0.587. The Morgan fingerprint density at radius 2 is 2.13 bits per heavy atom. The van der Waals surface area contributed by atoms with Gasteiger partial charge in [-0.15, -0.1) is 6.58 Å². The van der Waals surface area contributed by atoms with E-state index in [4.69, 9.17) is 14.2 Å². The van der Waals surface area contributed by atoms with E-state index in [2.05, 4.69) is 6.58 Å². The number of nitrogens with zero attached hydrogens (tertiary/aromatic N) is 1. The second-order valence-electron chi connectivity index (χ2n) is 5.31. The number of hydrogen-bond donors (Lipinski definition) is 0. The van der Waals surface area contributed by atoms with Crippen LogP contribution in [0.2, 0.25) is 0 Å². The maximum Gasteiger partial charge on any atom is 0.412 e. The molecule has 1 aliphatic rings. The van der Waals surface area contributed by atoms with E-state index in [9.17, 15) is 9.59 Å². The van der Waals surface area contributed by atoms with Gasteiger partial charge in [0.05, 0.1) is 25.2 Å². The van der Waals surface area contributed by atoms with Crippen LogP contribution in [0.1, 0.15) is 12.5 Å². The van der Waals surface area contributed by atoms with Crippen molar-refractivity contribution in [2.75, 3.05) is 13.8 Å². The Morgan fingerprint density at radius 1 is 1.43 bits per heavy atom. The standard InChI is InChI=1S/C17H21NO5/c1-4-14-15(12(2)16(19)21-3)23-11-18(14)17(20)22-10-13-8-6-5-7-9-13/h4-9,12,14-15H,1,10-11H2,2-3H3/t12-,14-,15-/m0/s1. The lowest BCUT2D eigenvalue weighted by Crippen LogP contribution is -2.42. The topological polar surface area (TPSA) is 65.1 Å². The van der Waals surface area contributed by atoms with Gasteiger partial charge in [-0.3, -0.25) is 9.69 Å².